The monoisotopic (exact) mass is 520 g/mol. The van der Waals surface area contributed by atoms with E-state index in [9.17, 15) is 18.0 Å². The molecule has 0 radical (unpaired) electrons. The van der Waals surface area contributed by atoms with Crippen molar-refractivity contribution in [2.75, 3.05) is 22.6 Å². The molecule has 6 nitrogen and oxygen atoms in total. The van der Waals surface area contributed by atoms with Gasteiger partial charge < -0.3 is 9.80 Å². The van der Waals surface area contributed by atoms with Crippen LogP contribution in [-0.2, 0) is 32.3 Å². The van der Waals surface area contributed by atoms with Crippen molar-refractivity contribution in [1.82, 2.24) is 0 Å². The van der Waals surface area contributed by atoms with Crippen molar-refractivity contribution in [1.29, 1.82) is 0 Å². The third-order valence-electron chi connectivity index (χ3n) is 7.23. The number of carbonyl (C=O) groups is 2. The lowest BCUT2D eigenvalue weighted by Gasteiger charge is -2.44. The second-order valence-corrected chi connectivity index (χ2v) is 13.0. The van der Waals surface area contributed by atoms with Gasteiger partial charge in [-0.1, -0.05) is 23.2 Å². The highest BCUT2D eigenvalue weighted by molar-refractivity contribution is 7.90. The number of amides is 2. The Morgan fingerprint density at radius 1 is 1.00 bits per heavy atom. The van der Waals surface area contributed by atoms with Crippen molar-refractivity contribution >= 4 is 56.2 Å². The van der Waals surface area contributed by atoms with E-state index in [1.54, 1.807) is 28.0 Å². The summed E-state index contributed by atoms with van der Waals surface area (Å²) >= 11 is 12.7. The number of aryl methyl sites for hydroxylation is 1. The third-order valence-corrected chi connectivity index (χ3v) is 8.84. The lowest BCUT2D eigenvalue weighted by atomic mass is 9.86. The summed E-state index contributed by atoms with van der Waals surface area (Å²) in [5.74, 6) is -0.953. The molecule has 0 saturated heterocycles. The van der Waals surface area contributed by atoms with Crippen LogP contribution in [0.4, 0.5) is 11.4 Å². The van der Waals surface area contributed by atoms with Gasteiger partial charge in [-0.25, -0.2) is 8.42 Å². The van der Waals surface area contributed by atoms with Crippen LogP contribution in [0.2, 0.25) is 10.0 Å². The van der Waals surface area contributed by atoms with Gasteiger partial charge in [-0.05, 0) is 81.0 Å². The number of benzene rings is 2. The molecule has 0 N–H and O–H groups in total. The van der Waals surface area contributed by atoms with Crippen LogP contribution >= 0.6 is 23.2 Å². The van der Waals surface area contributed by atoms with E-state index in [2.05, 4.69) is 0 Å². The minimum Gasteiger partial charge on any atom is -0.312 e. The van der Waals surface area contributed by atoms with Gasteiger partial charge in [0.25, 0.3) is 0 Å². The summed E-state index contributed by atoms with van der Waals surface area (Å²) in [5.41, 5.74) is 2.79. The molecule has 0 aromatic heterocycles. The summed E-state index contributed by atoms with van der Waals surface area (Å²) in [7, 11) is -3.31. The van der Waals surface area contributed by atoms with E-state index in [0.717, 1.165) is 29.7 Å². The van der Waals surface area contributed by atoms with Crippen molar-refractivity contribution in [3.63, 3.8) is 0 Å². The lowest BCUT2D eigenvalue weighted by molar-refractivity contribution is -0.125. The topological polar surface area (TPSA) is 74.8 Å². The van der Waals surface area contributed by atoms with Crippen LogP contribution in [0.25, 0.3) is 0 Å². The van der Waals surface area contributed by atoms with Crippen LogP contribution in [0.15, 0.2) is 35.2 Å². The summed E-state index contributed by atoms with van der Waals surface area (Å²) < 4.78 is 23.8. The summed E-state index contributed by atoms with van der Waals surface area (Å²) in [6, 6.07) is 8.40. The van der Waals surface area contributed by atoms with E-state index in [-0.39, 0.29) is 22.6 Å². The fraction of sp³-hybridized carbons (Fsp3) is 0.440. The number of carbonyl (C=O) groups excluding carboxylic acids is 2. The SMILES string of the molecule is CC1(C)CCc2cc(Cl)cc(Cl)c2N1C(=O)C1CC1C(=O)N1CCc2cc(S(C)(=O)=O)ccc21. The average molecular weight is 521 g/mol. The molecule has 2 aromatic rings. The molecule has 2 aliphatic heterocycles. The van der Waals surface area contributed by atoms with Crippen molar-refractivity contribution in [3.05, 3.63) is 51.5 Å². The van der Waals surface area contributed by atoms with Gasteiger partial charge in [0, 0.05) is 29.0 Å². The molecule has 34 heavy (non-hydrogen) atoms. The van der Waals surface area contributed by atoms with Gasteiger partial charge in [-0.3, -0.25) is 9.59 Å². The van der Waals surface area contributed by atoms with Gasteiger partial charge in [0.1, 0.15) is 0 Å². The Kier molecular flexibility index (Phi) is 5.54. The molecule has 1 saturated carbocycles. The summed E-state index contributed by atoms with van der Waals surface area (Å²) in [4.78, 5) is 30.8. The quantitative estimate of drug-likeness (QED) is 0.588. The first-order chi connectivity index (χ1) is 15.9. The fourth-order valence-electron chi connectivity index (χ4n) is 5.27. The van der Waals surface area contributed by atoms with Gasteiger partial charge >= 0.3 is 0 Å². The molecular weight excluding hydrogens is 495 g/mol. The van der Waals surface area contributed by atoms with E-state index in [1.165, 1.54) is 12.3 Å². The van der Waals surface area contributed by atoms with Crippen LogP contribution in [0.3, 0.4) is 0 Å². The summed E-state index contributed by atoms with van der Waals surface area (Å²) in [6.45, 7) is 4.53. The molecule has 1 fully saturated rings. The van der Waals surface area contributed by atoms with Crippen LogP contribution < -0.4 is 9.80 Å². The highest BCUT2D eigenvalue weighted by Gasteiger charge is 2.54. The highest BCUT2D eigenvalue weighted by atomic mass is 35.5. The molecule has 180 valence electrons. The largest absolute Gasteiger partial charge is 0.312 e. The number of hydrogen-bond donors (Lipinski definition) is 0. The Labute approximate surface area is 209 Å². The lowest BCUT2D eigenvalue weighted by Crippen LogP contribution is -2.52. The Morgan fingerprint density at radius 3 is 2.41 bits per heavy atom. The molecular formula is C25H26Cl2N2O4S. The van der Waals surface area contributed by atoms with Crippen molar-refractivity contribution < 1.29 is 18.0 Å². The van der Waals surface area contributed by atoms with Gasteiger partial charge in [-0.2, -0.15) is 0 Å². The van der Waals surface area contributed by atoms with Gasteiger partial charge in [0.15, 0.2) is 9.84 Å². The maximum Gasteiger partial charge on any atom is 0.231 e. The fourth-order valence-corrected chi connectivity index (χ4v) is 6.56. The number of nitrogens with zero attached hydrogens (tertiary/aromatic N) is 2. The minimum absolute atomic E-state index is 0.0820. The Hall–Kier alpha value is -2.09. The molecule has 0 spiro atoms. The van der Waals surface area contributed by atoms with Crippen molar-refractivity contribution in [3.8, 4) is 0 Å². The number of anilines is 2. The first-order valence-electron chi connectivity index (χ1n) is 11.3. The summed E-state index contributed by atoms with van der Waals surface area (Å²) in [6.07, 6.45) is 3.82. The maximum atomic E-state index is 13.7. The first kappa shape index (κ1) is 23.6. The van der Waals surface area contributed by atoms with Crippen LogP contribution in [-0.4, -0.2) is 38.6 Å². The number of halogens is 2. The molecule has 1 aliphatic carbocycles. The zero-order valence-corrected chi connectivity index (χ0v) is 21.6. The number of sulfone groups is 1. The Balaban J connectivity index is 1.38. The Bertz CT molecular complexity index is 1340. The van der Waals surface area contributed by atoms with Crippen LogP contribution in [0.5, 0.6) is 0 Å². The zero-order chi connectivity index (χ0) is 24.6. The van der Waals surface area contributed by atoms with E-state index in [4.69, 9.17) is 23.2 Å². The number of fused-ring (bicyclic) bond motifs is 2. The molecule has 3 aliphatic rings. The molecule has 2 heterocycles. The van der Waals surface area contributed by atoms with Crippen molar-refractivity contribution in [2.45, 2.75) is 50.0 Å². The van der Waals surface area contributed by atoms with E-state index >= 15 is 0 Å². The van der Waals surface area contributed by atoms with E-state index in [1.807, 2.05) is 19.9 Å². The molecule has 2 aromatic carbocycles. The molecule has 5 rings (SSSR count). The average Bonchev–Trinajstić information content (AvgIpc) is 3.44. The van der Waals surface area contributed by atoms with Gasteiger partial charge in [0.05, 0.1) is 27.4 Å². The third kappa shape index (κ3) is 3.91. The second-order valence-electron chi connectivity index (χ2n) is 10.1. The van der Waals surface area contributed by atoms with Crippen LogP contribution in [0.1, 0.15) is 37.8 Å². The molecule has 2 atom stereocenters. The van der Waals surface area contributed by atoms with Crippen molar-refractivity contribution in [2.24, 2.45) is 11.8 Å². The van der Waals surface area contributed by atoms with Crippen LogP contribution in [0, 0.1) is 11.8 Å². The normalized spacial score (nSPS) is 22.9. The molecule has 9 heteroatoms. The predicted octanol–water partition coefficient (Wildman–Crippen LogP) is 4.68. The molecule has 0 bridgehead atoms. The Morgan fingerprint density at radius 2 is 1.71 bits per heavy atom. The van der Waals surface area contributed by atoms with E-state index in [0.29, 0.717) is 35.1 Å². The zero-order valence-electron chi connectivity index (χ0n) is 19.3. The molecule has 2 unspecified atom stereocenters. The standard InChI is InChI=1S/C25H26Cl2N2O4S/c1-25(2)8-6-15-10-16(26)12-20(27)22(15)29(25)24(31)19-13-18(19)23(30)28-9-7-14-11-17(34(3,32)33)4-5-21(14)28/h4-5,10-12,18-19H,6-9,13H2,1-3H3. The number of rotatable bonds is 3. The van der Waals surface area contributed by atoms with E-state index < -0.39 is 21.3 Å². The predicted molar refractivity (Wildman–Crippen MR) is 134 cm³/mol. The highest BCUT2D eigenvalue weighted by Crippen LogP contribution is 2.49. The summed E-state index contributed by atoms with van der Waals surface area (Å²) in [5, 5.41) is 0.990. The smallest absolute Gasteiger partial charge is 0.231 e. The van der Waals surface area contributed by atoms with Gasteiger partial charge in [0.2, 0.25) is 11.8 Å². The number of hydrogen-bond acceptors (Lipinski definition) is 4. The first-order valence-corrected chi connectivity index (χ1v) is 14.0. The maximum absolute atomic E-state index is 13.7. The van der Waals surface area contributed by atoms with Gasteiger partial charge in [-0.15, -0.1) is 0 Å². The second kappa shape index (κ2) is 7.97. The molecule has 2 amide bonds. The minimum atomic E-state index is -3.31.